The molecule has 0 bridgehead atoms. The maximum atomic E-state index is 11.5. The molecular weight excluding hydrogens is 300 g/mol. The molecule has 5 nitrogen and oxygen atoms in total. The monoisotopic (exact) mass is 314 g/mol. The number of hydrogen-bond acceptors (Lipinski definition) is 6. The highest BCUT2D eigenvalue weighted by atomic mass is 32.1. The molecule has 2 heterocycles. The molecule has 112 valence electrons. The van der Waals surface area contributed by atoms with Gasteiger partial charge in [-0.05, 0) is 35.7 Å². The zero-order chi connectivity index (χ0) is 15.4. The summed E-state index contributed by atoms with van der Waals surface area (Å²) < 4.78 is 10.7. The smallest absolute Gasteiger partial charge is 0.264 e. The molecule has 0 atom stereocenters. The fourth-order valence-electron chi connectivity index (χ4n) is 1.91. The second-order valence-corrected chi connectivity index (χ2v) is 5.39. The first kappa shape index (κ1) is 14.5. The molecule has 0 saturated heterocycles. The van der Waals surface area contributed by atoms with E-state index >= 15 is 0 Å². The number of thiophene rings is 1. The van der Waals surface area contributed by atoms with Crippen molar-refractivity contribution in [3.05, 3.63) is 52.5 Å². The van der Waals surface area contributed by atoms with Crippen LogP contribution in [0.1, 0.15) is 29.6 Å². The number of rotatable bonds is 6. The van der Waals surface area contributed by atoms with Gasteiger partial charge in [-0.3, -0.25) is 4.79 Å². The molecule has 0 fully saturated rings. The van der Waals surface area contributed by atoms with Gasteiger partial charge in [0.05, 0.1) is 0 Å². The van der Waals surface area contributed by atoms with Gasteiger partial charge in [0.2, 0.25) is 5.82 Å². The lowest BCUT2D eigenvalue weighted by molar-refractivity contribution is 0.0988. The number of ketones is 1. The van der Waals surface area contributed by atoms with Gasteiger partial charge in [-0.15, -0.1) is 0 Å². The van der Waals surface area contributed by atoms with Crippen LogP contribution in [0.3, 0.4) is 0 Å². The second-order valence-electron chi connectivity index (χ2n) is 4.61. The normalized spacial score (nSPS) is 10.6. The van der Waals surface area contributed by atoms with Gasteiger partial charge in [-0.2, -0.15) is 16.3 Å². The fraction of sp³-hybridized carbons (Fsp3) is 0.188. The molecule has 0 aliphatic carbocycles. The molecule has 0 spiro atoms. The number of ether oxygens (including phenoxy) is 1. The molecule has 2 aromatic heterocycles. The van der Waals surface area contributed by atoms with E-state index < -0.39 is 0 Å². The Morgan fingerprint density at radius 2 is 2.09 bits per heavy atom. The highest BCUT2D eigenvalue weighted by Gasteiger charge is 2.09. The topological polar surface area (TPSA) is 65.2 Å². The molecule has 0 N–H and O–H groups in total. The Morgan fingerprint density at radius 1 is 1.27 bits per heavy atom. The quantitative estimate of drug-likeness (QED) is 0.644. The molecule has 0 saturated carbocycles. The van der Waals surface area contributed by atoms with Crippen molar-refractivity contribution in [2.75, 3.05) is 0 Å². The van der Waals surface area contributed by atoms with E-state index in [0.29, 0.717) is 29.4 Å². The average molecular weight is 314 g/mol. The summed E-state index contributed by atoms with van der Waals surface area (Å²) in [4.78, 5) is 15.8. The first-order chi connectivity index (χ1) is 10.8. The van der Waals surface area contributed by atoms with Crippen LogP contribution in [-0.2, 0) is 6.61 Å². The van der Waals surface area contributed by atoms with Gasteiger partial charge in [0.1, 0.15) is 5.75 Å². The maximum absolute atomic E-state index is 11.5. The minimum Gasteiger partial charge on any atom is -0.484 e. The number of hydrogen-bond donors (Lipinski definition) is 0. The lowest BCUT2D eigenvalue weighted by atomic mass is 10.1. The predicted molar refractivity (Wildman–Crippen MR) is 83.0 cm³/mol. The minimum absolute atomic E-state index is 0.115. The van der Waals surface area contributed by atoms with E-state index in [1.54, 1.807) is 35.6 Å². The molecule has 6 heteroatoms. The molecule has 0 aliphatic heterocycles. The number of nitrogens with zero attached hydrogens (tertiary/aromatic N) is 2. The molecule has 0 aliphatic rings. The Hall–Kier alpha value is -2.47. The first-order valence-electron chi connectivity index (χ1n) is 6.87. The van der Waals surface area contributed by atoms with Gasteiger partial charge in [0, 0.05) is 22.9 Å². The van der Waals surface area contributed by atoms with Crippen LogP contribution in [0.25, 0.3) is 11.4 Å². The summed E-state index contributed by atoms with van der Waals surface area (Å²) in [5.41, 5.74) is 1.62. The van der Waals surface area contributed by atoms with E-state index in [9.17, 15) is 4.79 Å². The summed E-state index contributed by atoms with van der Waals surface area (Å²) in [6.45, 7) is 2.03. The Bertz CT molecular complexity index is 748. The third kappa shape index (κ3) is 3.23. The van der Waals surface area contributed by atoms with Crippen LogP contribution < -0.4 is 4.74 Å². The molecule has 0 unspecified atom stereocenters. The molecule has 3 aromatic rings. The van der Waals surface area contributed by atoms with E-state index in [4.69, 9.17) is 9.26 Å². The van der Waals surface area contributed by atoms with Crippen LogP contribution in [0.2, 0.25) is 0 Å². The van der Waals surface area contributed by atoms with E-state index in [1.165, 1.54) is 0 Å². The Morgan fingerprint density at radius 3 is 2.77 bits per heavy atom. The molecular formula is C16H14N2O3S. The van der Waals surface area contributed by atoms with Crippen molar-refractivity contribution in [2.24, 2.45) is 0 Å². The lowest BCUT2D eigenvalue weighted by Crippen LogP contribution is -1.98. The summed E-state index contributed by atoms with van der Waals surface area (Å²) >= 11 is 1.58. The van der Waals surface area contributed by atoms with Crippen molar-refractivity contribution in [3.8, 4) is 17.1 Å². The van der Waals surface area contributed by atoms with Gasteiger partial charge in [0.25, 0.3) is 5.89 Å². The maximum Gasteiger partial charge on any atom is 0.264 e. The van der Waals surface area contributed by atoms with Crippen LogP contribution in [0.15, 0.2) is 45.6 Å². The Labute approximate surface area is 131 Å². The molecule has 0 amide bonds. The van der Waals surface area contributed by atoms with E-state index in [-0.39, 0.29) is 12.4 Å². The van der Waals surface area contributed by atoms with Crippen LogP contribution in [-0.4, -0.2) is 15.9 Å². The standard InChI is InChI=1S/C16H14N2O3S/c1-2-14(19)11-3-5-13(6-4-11)20-9-15-17-16(18-21-15)12-7-8-22-10-12/h3-8,10H,2,9H2,1H3. The van der Waals surface area contributed by atoms with E-state index in [1.807, 2.05) is 23.8 Å². The predicted octanol–water partition coefficient (Wildman–Crippen LogP) is 3.97. The summed E-state index contributed by atoms with van der Waals surface area (Å²) in [5, 5.41) is 7.83. The second kappa shape index (κ2) is 6.53. The largest absolute Gasteiger partial charge is 0.484 e. The van der Waals surface area contributed by atoms with Crippen LogP contribution in [0, 0.1) is 0 Å². The van der Waals surface area contributed by atoms with Crippen molar-refractivity contribution in [1.29, 1.82) is 0 Å². The van der Waals surface area contributed by atoms with Crippen LogP contribution in [0.5, 0.6) is 5.75 Å². The van der Waals surface area contributed by atoms with Crippen molar-refractivity contribution < 1.29 is 14.1 Å². The summed E-state index contributed by atoms with van der Waals surface area (Å²) in [6, 6.07) is 8.97. The van der Waals surface area contributed by atoms with Gasteiger partial charge in [-0.25, -0.2) is 0 Å². The van der Waals surface area contributed by atoms with Crippen LogP contribution >= 0.6 is 11.3 Å². The highest BCUT2D eigenvalue weighted by molar-refractivity contribution is 7.08. The zero-order valence-electron chi connectivity index (χ0n) is 12.0. The van der Waals surface area contributed by atoms with Gasteiger partial charge < -0.3 is 9.26 Å². The molecule has 0 radical (unpaired) electrons. The Balaban J connectivity index is 1.62. The number of aromatic nitrogens is 2. The average Bonchev–Trinajstić information content (AvgIpc) is 3.23. The van der Waals surface area contributed by atoms with E-state index in [0.717, 1.165) is 5.56 Å². The van der Waals surface area contributed by atoms with Crippen molar-refractivity contribution in [1.82, 2.24) is 10.1 Å². The number of carbonyl (C=O) groups excluding carboxylic acids is 1. The van der Waals surface area contributed by atoms with Gasteiger partial charge in [0.15, 0.2) is 12.4 Å². The lowest BCUT2D eigenvalue weighted by Gasteiger charge is -2.03. The Kier molecular flexibility index (Phi) is 4.29. The number of Topliss-reactive ketones (excluding diaryl/α,β-unsaturated/α-hetero) is 1. The van der Waals surface area contributed by atoms with Crippen molar-refractivity contribution in [3.63, 3.8) is 0 Å². The van der Waals surface area contributed by atoms with Crippen molar-refractivity contribution >= 4 is 17.1 Å². The zero-order valence-corrected chi connectivity index (χ0v) is 12.8. The summed E-state index contributed by atoms with van der Waals surface area (Å²) in [7, 11) is 0. The summed E-state index contributed by atoms with van der Waals surface area (Å²) in [6.07, 6.45) is 0.494. The van der Waals surface area contributed by atoms with Crippen LogP contribution in [0.4, 0.5) is 0 Å². The number of benzene rings is 1. The fourth-order valence-corrected chi connectivity index (χ4v) is 2.54. The number of carbonyl (C=O) groups is 1. The first-order valence-corrected chi connectivity index (χ1v) is 7.81. The minimum atomic E-state index is 0.115. The summed E-state index contributed by atoms with van der Waals surface area (Å²) in [5.74, 6) is 1.74. The highest BCUT2D eigenvalue weighted by Crippen LogP contribution is 2.19. The van der Waals surface area contributed by atoms with Crippen molar-refractivity contribution in [2.45, 2.75) is 20.0 Å². The van der Waals surface area contributed by atoms with E-state index in [2.05, 4.69) is 10.1 Å². The third-order valence-electron chi connectivity index (χ3n) is 3.11. The SMILES string of the molecule is CCC(=O)c1ccc(OCc2nc(-c3ccsc3)no2)cc1. The molecule has 22 heavy (non-hydrogen) atoms. The molecule has 1 aromatic carbocycles. The van der Waals surface area contributed by atoms with Gasteiger partial charge >= 0.3 is 0 Å². The third-order valence-corrected chi connectivity index (χ3v) is 3.79. The molecule has 3 rings (SSSR count). The van der Waals surface area contributed by atoms with Gasteiger partial charge in [-0.1, -0.05) is 12.1 Å².